The molecule has 1 aliphatic heterocycles. The van der Waals surface area contributed by atoms with Gasteiger partial charge in [-0.3, -0.25) is 14.5 Å². The third-order valence-electron chi connectivity index (χ3n) is 9.26. The third kappa shape index (κ3) is 6.79. The van der Waals surface area contributed by atoms with E-state index in [1.165, 1.54) is 11.0 Å². The molecule has 0 aromatic heterocycles. The Kier molecular flexibility index (Phi) is 10.1. The smallest absolute Gasteiger partial charge is 0.238 e. The van der Waals surface area contributed by atoms with Crippen molar-refractivity contribution in [3.05, 3.63) is 130 Å². The van der Waals surface area contributed by atoms with Crippen molar-refractivity contribution in [2.45, 2.75) is 25.4 Å². The number of hydrogen-bond donors (Lipinski definition) is 5. The first-order valence-corrected chi connectivity index (χ1v) is 16.3. The zero-order valence-electron chi connectivity index (χ0n) is 26.2. The van der Waals surface area contributed by atoms with E-state index in [0.29, 0.717) is 33.8 Å². The number of anilines is 3. The summed E-state index contributed by atoms with van der Waals surface area (Å²) in [6.07, 6.45) is 1.56. The minimum atomic E-state index is -1.09. The number of fused-ring (bicyclic) bond motifs is 1. The number of para-hydroxylation sites is 1. The molecule has 0 spiro atoms. The topological polar surface area (TPSA) is 130 Å². The van der Waals surface area contributed by atoms with E-state index >= 15 is 0 Å². The lowest BCUT2D eigenvalue weighted by molar-refractivity contribution is -0.123. The molecule has 4 aromatic rings. The second kappa shape index (κ2) is 14.6. The summed E-state index contributed by atoms with van der Waals surface area (Å²) in [5.41, 5.74) is 5.51. The van der Waals surface area contributed by atoms with E-state index in [1.54, 1.807) is 36.4 Å². The van der Waals surface area contributed by atoms with Gasteiger partial charge >= 0.3 is 0 Å². The minimum Gasteiger partial charge on any atom is -0.508 e. The van der Waals surface area contributed by atoms with Crippen LogP contribution in [0.15, 0.2) is 114 Å². The maximum atomic E-state index is 13.9. The Bertz CT molecular complexity index is 1840. The van der Waals surface area contributed by atoms with E-state index in [-0.39, 0.29) is 24.5 Å². The first-order chi connectivity index (χ1) is 23.3. The molecular formula is C39H37ClN2O6. The van der Waals surface area contributed by atoms with E-state index in [1.807, 2.05) is 66.7 Å². The van der Waals surface area contributed by atoms with Crippen molar-refractivity contribution in [1.82, 2.24) is 0 Å². The van der Waals surface area contributed by atoms with Gasteiger partial charge < -0.3 is 25.7 Å². The summed E-state index contributed by atoms with van der Waals surface area (Å²) in [6.45, 7) is -0.869. The second-order valence-corrected chi connectivity index (χ2v) is 12.6. The van der Waals surface area contributed by atoms with Crippen molar-refractivity contribution in [2.75, 3.05) is 23.4 Å². The number of amides is 2. The van der Waals surface area contributed by atoms with Crippen LogP contribution in [0.4, 0.5) is 17.1 Å². The molecule has 0 bridgehead atoms. The first kappa shape index (κ1) is 33.2. The summed E-state index contributed by atoms with van der Waals surface area (Å²) < 4.78 is 0. The Morgan fingerprint density at radius 2 is 1.56 bits per heavy atom. The number of allylic oxidation sites excluding steroid dienone is 1. The van der Waals surface area contributed by atoms with E-state index in [0.717, 1.165) is 22.5 Å². The van der Waals surface area contributed by atoms with Crippen LogP contribution in [0.2, 0.25) is 5.02 Å². The Hall–Kier alpha value is -4.73. The van der Waals surface area contributed by atoms with Gasteiger partial charge in [0.25, 0.3) is 0 Å². The molecule has 1 fully saturated rings. The fraction of sp³-hybridized carbons (Fsp3) is 0.231. The summed E-state index contributed by atoms with van der Waals surface area (Å²) in [7, 11) is 0. The van der Waals surface area contributed by atoms with Crippen LogP contribution in [0, 0.1) is 17.8 Å². The largest absolute Gasteiger partial charge is 0.508 e. The maximum absolute atomic E-state index is 13.9. The highest BCUT2D eigenvalue weighted by atomic mass is 35.5. The van der Waals surface area contributed by atoms with Gasteiger partial charge in [-0.05, 0) is 108 Å². The number of aromatic hydroxyl groups is 1. The van der Waals surface area contributed by atoms with Crippen LogP contribution in [-0.2, 0) is 9.59 Å². The molecule has 5 N–H and O–H groups in total. The summed E-state index contributed by atoms with van der Waals surface area (Å²) in [4.78, 5) is 28.8. The number of phenolic OH excluding ortho intramolecular Hbond substituents is 1. The lowest BCUT2D eigenvalue weighted by Crippen LogP contribution is -2.39. The van der Waals surface area contributed by atoms with Crippen molar-refractivity contribution in [2.24, 2.45) is 17.8 Å². The normalized spacial score (nSPS) is 20.2. The number of nitrogens with zero attached hydrogens (tertiary/aromatic N) is 1. The fourth-order valence-corrected chi connectivity index (χ4v) is 7.19. The maximum Gasteiger partial charge on any atom is 0.238 e. The molecule has 4 atom stereocenters. The standard InChI is InChI=1S/C39H37ClN2O6/c40-34-21-31(45)17-11-26(34)19-25(24-7-3-1-4-8-24)12-18-35(46)36-27(22-43)20-32-37(33(36)23-44)39(48)42(38(32)47)30-15-13-29(14-16-30)41-28-9-5-2-6-10-28/h1-11,13-17,19,21,32-33,35,37,41,43-46H,12,18,20,22-23H2/b25-19-/t32-,33+,35-,37-/m1/s1. The van der Waals surface area contributed by atoms with Crippen molar-refractivity contribution >= 4 is 52.1 Å². The number of hydrogen-bond acceptors (Lipinski definition) is 7. The molecule has 6 rings (SSSR count). The Balaban J connectivity index is 1.23. The van der Waals surface area contributed by atoms with Crippen LogP contribution in [-0.4, -0.2) is 51.6 Å². The van der Waals surface area contributed by atoms with Crippen LogP contribution in [0.5, 0.6) is 5.75 Å². The molecule has 2 aliphatic rings. The Morgan fingerprint density at radius 3 is 2.21 bits per heavy atom. The molecule has 4 aromatic carbocycles. The molecule has 9 heteroatoms. The molecule has 1 saturated heterocycles. The molecule has 246 valence electrons. The van der Waals surface area contributed by atoms with Gasteiger partial charge in [-0.2, -0.15) is 0 Å². The number of aliphatic hydroxyl groups excluding tert-OH is 3. The molecule has 0 saturated carbocycles. The quantitative estimate of drug-likeness (QED) is 0.0696. The van der Waals surface area contributed by atoms with Crippen LogP contribution in [0.25, 0.3) is 11.6 Å². The van der Waals surface area contributed by atoms with Gasteiger partial charge in [-0.15, -0.1) is 0 Å². The van der Waals surface area contributed by atoms with Crippen LogP contribution >= 0.6 is 11.6 Å². The van der Waals surface area contributed by atoms with Gasteiger partial charge in [-0.25, -0.2) is 0 Å². The molecule has 2 amide bonds. The van der Waals surface area contributed by atoms with Gasteiger partial charge in [0.1, 0.15) is 5.75 Å². The summed E-state index contributed by atoms with van der Waals surface area (Å²) in [5, 5.41) is 46.2. The van der Waals surface area contributed by atoms with Crippen LogP contribution in [0.1, 0.15) is 30.4 Å². The number of rotatable bonds is 11. The van der Waals surface area contributed by atoms with Gasteiger partial charge in [0, 0.05) is 17.3 Å². The monoisotopic (exact) mass is 664 g/mol. The zero-order valence-corrected chi connectivity index (χ0v) is 26.9. The second-order valence-electron chi connectivity index (χ2n) is 12.2. The van der Waals surface area contributed by atoms with Crippen molar-refractivity contribution in [3.8, 4) is 5.75 Å². The molecule has 8 nitrogen and oxygen atoms in total. The number of carbonyl (C=O) groups excluding carboxylic acids is 2. The van der Waals surface area contributed by atoms with Gasteiger partial charge in [-0.1, -0.05) is 60.1 Å². The predicted octanol–water partition coefficient (Wildman–Crippen LogP) is 6.58. The summed E-state index contributed by atoms with van der Waals surface area (Å²) in [5.74, 6) is -3.22. The summed E-state index contributed by atoms with van der Waals surface area (Å²) in [6, 6.07) is 31.0. The summed E-state index contributed by atoms with van der Waals surface area (Å²) >= 11 is 6.41. The van der Waals surface area contributed by atoms with E-state index in [2.05, 4.69) is 5.32 Å². The zero-order chi connectivity index (χ0) is 33.8. The lowest BCUT2D eigenvalue weighted by Gasteiger charge is -2.36. The Labute approximate surface area is 284 Å². The minimum absolute atomic E-state index is 0.0542. The predicted molar refractivity (Wildman–Crippen MR) is 188 cm³/mol. The number of carbonyl (C=O) groups is 2. The molecule has 0 radical (unpaired) electrons. The highest BCUT2D eigenvalue weighted by Gasteiger charge is 2.55. The molecule has 0 unspecified atom stereocenters. The van der Waals surface area contributed by atoms with Gasteiger partial charge in [0.05, 0.1) is 41.9 Å². The van der Waals surface area contributed by atoms with Crippen molar-refractivity contribution in [3.63, 3.8) is 0 Å². The molecule has 1 heterocycles. The van der Waals surface area contributed by atoms with Crippen LogP contribution in [0.3, 0.4) is 0 Å². The number of halogens is 1. The van der Waals surface area contributed by atoms with E-state index in [4.69, 9.17) is 11.6 Å². The Morgan fingerprint density at radius 1 is 0.896 bits per heavy atom. The van der Waals surface area contributed by atoms with E-state index in [9.17, 15) is 30.0 Å². The average Bonchev–Trinajstić information content (AvgIpc) is 3.36. The number of imide groups is 1. The number of aliphatic hydroxyl groups is 3. The van der Waals surface area contributed by atoms with E-state index < -0.39 is 43.0 Å². The van der Waals surface area contributed by atoms with Crippen molar-refractivity contribution < 1.29 is 30.0 Å². The highest BCUT2D eigenvalue weighted by Crippen LogP contribution is 2.47. The number of benzene rings is 4. The molecule has 1 aliphatic carbocycles. The number of nitrogens with one attached hydrogen (secondary N) is 1. The number of phenols is 1. The van der Waals surface area contributed by atoms with Crippen molar-refractivity contribution in [1.29, 1.82) is 0 Å². The SMILES string of the molecule is O=C1[C@@H]2[C@@H](CC(CO)=C([C@H](O)CC/C(=C/c3ccc(O)cc3Cl)c3ccccc3)[C@@H]2CO)C(=O)N1c1ccc(Nc2ccccc2)cc1. The molecular weight excluding hydrogens is 628 g/mol. The molecule has 48 heavy (non-hydrogen) atoms. The van der Waals surface area contributed by atoms with Gasteiger partial charge in [0.15, 0.2) is 0 Å². The van der Waals surface area contributed by atoms with Gasteiger partial charge in [0.2, 0.25) is 11.8 Å². The average molecular weight is 665 g/mol. The third-order valence-corrected chi connectivity index (χ3v) is 9.59. The lowest BCUT2D eigenvalue weighted by atomic mass is 9.68. The highest BCUT2D eigenvalue weighted by molar-refractivity contribution is 6.32. The van der Waals surface area contributed by atoms with Crippen LogP contribution < -0.4 is 10.2 Å². The fourth-order valence-electron chi connectivity index (χ4n) is 6.96. The first-order valence-electron chi connectivity index (χ1n) is 15.9.